The Morgan fingerprint density at radius 2 is 1.58 bits per heavy atom. The highest BCUT2D eigenvalue weighted by atomic mass is 14.5. The van der Waals surface area contributed by atoms with E-state index < -0.39 is 0 Å². The molecule has 0 aliphatic heterocycles. The zero-order chi connectivity index (χ0) is 13.1. The number of hydrogen-bond acceptors (Lipinski definition) is 1. The second-order valence-electron chi connectivity index (χ2n) is 5.13. The fourth-order valence-electron chi connectivity index (χ4n) is 2.37. The zero-order valence-corrected chi connectivity index (χ0v) is 10.9. The standard InChI is InChI=1S/C18H17N/c19-18-9-2-5-15(13-18)11-10-14-4-1-8-17(12-14)16-6-3-7-16/h1-2,4-5,8-9,12-13,16H,3,6-7,19H2. The van der Waals surface area contributed by atoms with E-state index in [-0.39, 0.29) is 0 Å². The van der Waals surface area contributed by atoms with Gasteiger partial charge in [0.25, 0.3) is 0 Å². The van der Waals surface area contributed by atoms with Gasteiger partial charge in [-0.3, -0.25) is 0 Å². The second kappa shape index (κ2) is 5.20. The molecule has 0 atom stereocenters. The van der Waals surface area contributed by atoms with E-state index in [2.05, 4.69) is 36.1 Å². The van der Waals surface area contributed by atoms with E-state index in [9.17, 15) is 0 Å². The van der Waals surface area contributed by atoms with Crippen LogP contribution in [-0.2, 0) is 0 Å². The smallest absolute Gasteiger partial charge is 0.0326 e. The predicted molar refractivity (Wildman–Crippen MR) is 79.9 cm³/mol. The van der Waals surface area contributed by atoms with Crippen LogP contribution >= 0.6 is 0 Å². The van der Waals surface area contributed by atoms with Crippen molar-refractivity contribution in [1.82, 2.24) is 0 Å². The summed E-state index contributed by atoms with van der Waals surface area (Å²) in [5, 5.41) is 0. The summed E-state index contributed by atoms with van der Waals surface area (Å²) < 4.78 is 0. The first-order valence-electron chi connectivity index (χ1n) is 6.79. The highest BCUT2D eigenvalue weighted by Crippen LogP contribution is 2.36. The van der Waals surface area contributed by atoms with Gasteiger partial charge in [-0.1, -0.05) is 36.5 Å². The van der Waals surface area contributed by atoms with Crippen LogP contribution in [0.3, 0.4) is 0 Å². The highest BCUT2D eigenvalue weighted by molar-refractivity contribution is 5.50. The van der Waals surface area contributed by atoms with Crippen molar-refractivity contribution < 1.29 is 0 Å². The van der Waals surface area contributed by atoms with Crippen molar-refractivity contribution in [3.63, 3.8) is 0 Å². The number of nitrogens with two attached hydrogens (primary N) is 1. The van der Waals surface area contributed by atoms with Gasteiger partial charge in [-0.25, -0.2) is 0 Å². The molecule has 19 heavy (non-hydrogen) atoms. The summed E-state index contributed by atoms with van der Waals surface area (Å²) in [6.07, 6.45) is 4.02. The molecule has 0 radical (unpaired) electrons. The van der Waals surface area contributed by atoms with Gasteiger partial charge in [0.05, 0.1) is 0 Å². The Kier molecular flexibility index (Phi) is 3.25. The van der Waals surface area contributed by atoms with Gasteiger partial charge in [0.2, 0.25) is 0 Å². The van der Waals surface area contributed by atoms with Crippen molar-refractivity contribution in [3.8, 4) is 11.8 Å². The molecule has 0 bridgehead atoms. The fourth-order valence-corrected chi connectivity index (χ4v) is 2.37. The Morgan fingerprint density at radius 1 is 0.895 bits per heavy atom. The van der Waals surface area contributed by atoms with Crippen LogP contribution in [0.5, 0.6) is 0 Å². The SMILES string of the molecule is Nc1cccc(C#Cc2cccc(C3CCC3)c2)c1. The molecule has 0 spiro atoms. The van der Waals surface area contributed by atoms with E-state index >= 15 is 0 Å². The minimum atomic E-state index is 0.758. The predicted octanol–water partition coefficient (Wildman–Crippen LogP) is 3.94. The lowest BCUT2D eigenvalue weighted by Gasteiger charge is -2.25. The number of rotatable bonds is 1. The molecule has 3 rings (SSSR count). The first kappa shape index (κ1) is 11.9. The molecule has 1 aliphatic rings. The molecule has 1 nitrogen and oxygen atoms in total. The van der Waals surface area contributed by atoms with Gasteiger partial charge in [0.15, 0.2) is 0 Å². The molecule has 0 saturated heterocycles. The maximum Gasteiger partial charge on any atom is 0.0326 e. The minimum absolute atomic E-state index is 0.758. The van der Waals surface area contributed by atoms with E-state index in [0.717, 1.165) is 22.7 Å². The van der Waals surface area contributed by atoms with Crippen LogP contribution in [0.4, 0.5) is 5.69 Å². The summed E-state index contributed by atoms with van der Waals surface area (Å²) in [5.74, 6) is 7.16. The molecule has 2 aromatic rings. The maximum atomic E-state index is 5.75. The number of hydrogen-bond donors (Lipinski definition) is 1. The maximum absolute atomic E-state index is 5.75. The van der Waals surface area contributed by atoms with Crippen LogP contribution in [-0.4, -0.2) is 0 Å². The van der Waals surface area contributed by atoms with Gasteiger partial charge >= 0.3 is 0 Å². The molecule has 1 saturated carbocycles. The summed E-state index contributed by atoms with van der Waals surface area (Å²) in [5.41, 5.74) is 10.0. The molecule has 0 heterocycles. The van der Waals surface area contributed by atoms with E-state index in [1.54, 1.807) is 0 Å². The van der Waals surface area contributed by atoms with Crippen LogP contribution in [0.15, 0.2) is 48.5 Å². The van der Waals surface area contributed by atoms with Crippen molar-refractivity contribution in [3.05, 3.63) is 65.2 Å². The van der Waals surface area contributed by atoms with Crippen LogP contribution in [0.25, 0.3) is 0 Å². The molecule has 0 unspecified atom stereocenters. The van der Waals surface area contributed by atoms with Crippen molar-refractivity contribution in [1.29, 1.82) is 0 Å². The lowest BCUT2D eigenvalue weighted by Crippen LogP contribution is -2.08. The molecular formula is C18H17N. The molecule has 1 fully saturated rings. The second-order valence-corrected chi connectivity index (χ2v) is 5.13. The summed E-state index contributed by atoms with van der Waals surface area (Å²) >= 11 is 0. The van der Waals surface area contributed by atoms with Crippen molar-refractivity contribution >= 4 is 5.69 Å². The van der Waals surface area contributed by atoms with Crippen molar-refractivity contribution in [2.45, 2.75) is 25.2 Å². The fraction of sp³-hybridized carbons (Fsp3) is 0.222. The van der Waals surface area contributed by atoms with Gasteiger partial charge in [0, 0.05) is 16.8 Å². The van der Waals surface area contributed by atoms with Gasteiger partial charge in [-0.15, -0.1) is 0 Å². The van der Waals surface area contributed by atoms with Crippen LogP contribution in [0.1, 0.15) is 41.9 Å². The lowest BCUT2D eigenvalue weighted by molar-refractivity contribution is 0.420. The van der Waals surface area contributed by atoms with Gasteiger partial charge in [-0.2, -0.15) is 0 Å². The van der Waals surface area contributed by atoms with Gasteiger partial charge in [-0.05, 0) is 54.7 Å². The van der Waals surface area contributed by atoms with Crippen molar-refractivity contribution in [2.24, 2.45) is 0 Å². The Bertz CT molecular complexity index is 642. The number of anilines is 1. The van der Waals surface area contributed by atoms with E-state index in [1.165, 1.54) is 24.8 Å². The molecule has 0 aromatic heterocycles. The largest absolute Gasteiger partial charge is 0.399 e. The third kappa shape index (κ3) is 2.80. The topological polar surface area (TPSA) is 26.0 Å². The Morgan fingerprint density at radius 3 is 2.21 bits per heavy atom. The quantitative estimate of drug-likeness (QED) is 0.599. The molecule has 2 aromatic carbocycles. The lowest BCUT2D eigenvalue weighted by atomic mass is 9.80. The highest BCUT2D eigenvalue weighted by Gasteiger charge is 2.18. The molecule has 1 heteroatoms. The molecule has 0 amide bonds. The average Bonchev–Trinajstić information content (AvgIpc) is 2.35. The third-order valence-electron chi connectivity index (χ3n) is 3.70. The van der Waals surface area contributed by atoms with Crippen LogP contribution in [0, 0.1) is 11.8 Å². The summed E-state index contributed by atoms with van der Waals surface area (Å²) in [6, 6.07) is 16.3. The minimum Gasteiger partial charge on any atom is -0.399 e. The Hall–Kier alpha value is -2.20. The van der Waals surface area contributed by atoms with E-state index in [4.69, 9.17) is 5.73 Å². The monoisotopic (exact) mass is 247 g/mol. The first-order valence-corrected chi connectivity index (χ1v) is 6.79. The number of nitrogen functional groups attached to an aromatic ring is 1. The molecule has 2 N–H and O–H groups in total. The van der Waals surface area contributed by atoms with E-state index in [1.807, 2.05) is 24.3 Å². The van der Waals surface area contributed by atoms with Gasteiger partial charge in [0.1, 0.15) is 0 Å². The molecule has 94 valence electrons. The van der Waals surface area contributed by atoms with Crippen LogP contribution < -0.4 is 5.73 Å². The summed E-state index contributed by atoms with van der Waals surface area (Å²) in [4.78, 5) is 0. The number of benzene rings is 2. The summed E-state index contributed by atoms with van der Waals surface area (Å²) in [7, 11) is 0. The molecular weight excluding hydrogens is 230 g/mol. The molecule has 1 aliphatic carbocycles. The average molecular weight is 247 g/mol. The Balaban J connectivity index is 1.83. The first-order chi connectivity index (χ1) is 9.31. The zero-order valence-electron chi connectivity index (χ0n) is 10.9. The van der Waals surface area contributed by atoms with Gasteiger partial charge < -0.3 is 5.73 Å². The van der Waals surface area contributed by atoms with Crippen molar-refractivity contribution in [2.75, 3.05) is 5.73 Å². The van der Waals surface area contributed by atoms with Crippen LogP contribution in [0.2, 0.25) is 0 Å². The third-order valence-corrected chi connectivity index (χ3v) is 3.70. The normalized spacial score (nSPS) is 14.3. The van der Waals surface area contributed by atoms with E-state index in [0.29, 0.717) is 0 Å². The Labute approximate surface area is 114 Å². The summed E-state index contributed by atoms with van der Waals surface area (Å²) in [6.45, 7) is 0.